The molecular formula is C18H16N4O3. The van der Waals surface area contributed by atoms with Crippen LogP contribution in [0.2, 0.25) is 0 Å². The van der Waals surface area contributed by atoms with Crippen LogP contribution in [0.15, 0.2) is 41.7 Å². The second-order valence-electron chi connectivity index (χ2n) is 5.82. The number of benzene rings is 2. The van der Waals surface area contributed by atoms with E-state index in [9.17, 15) is 9.70 Å². The van der Waals surface area contributed by atoms with Crippen molar-refractivity contribution in [2.45, 2.75) is 20.4 Å². The first-order valence-electron chi connectivity index (χ1n) is 7.97. The Kier molecular flexibility index (Phi) is 3.42. The predicted octanol–water partition coefficient (Wildman–Crippen LogP) is 4.58. The molecule has 126 valence electrons. The molecular weight excluding hydrogens is 320 g/mol. The molecule has 25 heavy (non-hydrogen) atoms. The molecule has 7 nitrogen and oxygen atoms in total. The number of rotatable bonds is 4. The average Bonchev–Trinajstić information content (AvgIpc) is 3.17. The number of hydrogen-bond acceptors (Lipinski definition) is 5. The minimum absolute atomic E-state index is 0.393. The number of aromatic amines is 1. The summed E-state index contributed by atoms with van der Waals surface area (Å²) in [7, 11) is 0. The molecule has 0 spiro atoms. The molecule has 2 N–H and O–H groups in total. The molecule has 2 aromatic heterocycles. The van der Waals surface area contributed by atoms with Crippen molar-refractivity contribution in [3.8, 4) is 0 Å². The zero-order chi connectivity index (χ0) is 17.6. The van der Waals surface area contributed by atoms with E-state index in [2.05, 4.69) is 27.1 Å². The smallest absolute Gasteiger partial charge is 0.329 e. The Morgan fingerprint density at radius 1 is 1.24 bits per heavy atom. The monoisotopic (exact) mass is 336 g/mol. The van der Waals surface area contributed by atoms with Crippen LogP contribution in [0, 0.1) is 4.91 Å². The minimum atomic E-state index is -0.417. The van der Waals surface area contributed by atoms with E-state index < -0.39 is 5.97 Å². The lowest BCUT2D eigenvalue weighted by Gasteiger charge is -2.04. The van der Waals surface area contributed by atoms with Gasteiger partial charge in [-0.2, -0.15) is 0 Å². The fraction of sp³-hybridized carbons (Fsp3) is 0.167. The van der Waals surface area contributed by atoms with Crippen LogP contribution in [0.4, 0.5) is 11.4 Å². The summed E-state index contributed by atoms with van der Waals surface area (Å²) in [6, 6.07) is 9.45. The molecule has 0 saturated carbocycles. The molecule has 0 radical (unpaired) electrons. The van der Waals surface area contributed by atoms with Crippen molar-refractivity contribution in [1.29, 1.82) is 0 Å². The Morgan fingerprint density at radius 3 is 2.76 bits per heavy atom. The van der Waals surface area contributed by atoms with Gasteiger partial charge in [0, 0.05) is 41.3 Å². The number of nitrogens with one attached hydrogen (secondary N) is 2. The Balaban J connectivity index is 2.05. The number of H-pyrrole nitrogens is 1. The summed E-state index contributed by atoms with van der Waals surface area (Å²) in [6.45, 7) is 4.22. The number of fused-ring (bicyclic) bond motifs is 5. The quantitative estimate of drug-likeness (QED) is 0.421. The van der Waals surface area contributed by atoms with E-state index in [0.717, 1.165) is 39.3 Å². The molecule has 0 unspecified atom stereocenters. The summed E-state index contributed by atoms with van der Waals surface area (Å²) in [6.07, 6.45) is 1.75. The summed E-state index contributed by atoms with van der Waals surface area (Å²) in [5.41, 5.74) is 6.75. The molecule has 0 fully saturated rings. The van der Waals surface area contributed by atoms with E-state index in [1.165, 1.54) is 6.92 Å². The summed E-state index contributed by atoms with van der Waals surface area (Å²) >= 11 is 0. The topological polar surface area (TPSA) is 88.5 Å². The van der Waals surface area contributed by atoms with Gasteiger partial charge in [0.2, 0.25) is 0 Å². The second kappa shape index (κ2) is 5.62. The minimum Gasteiger partial charge on any atom is -0.359 e. The van der Waals surface area contributed by atoms with Crippen LogP contribution in [-0.4, -0.2) is 15.5 Å². The van der Waals surface area contributed by atoms with Crippen LogP contribution in [0.1, 0.15) is 13.8 Å². The third-order valence-electron chi connectivity index (χ3n) is 4.39. The molecule has 7 heteroatoms. The highest BCUT2D eigenvalue weighted by atomic mass is 16.7. The molecule has 2 heterocycles. The first-order valence-corrected chi connectivity index (χ1v) is 7.97. The first kappa shape index (κ1) is 15.2. The number of nitroso groups, excluding NO2 is 1. The van der Waals surface area contributed by atoms with E-state index in [4.69, 9.17) is 4.84 Å². The number of anilines is 1. The van der Waals surface area contributed by atoms with Crippen LogP contribution < -0.4 is 5.48 Å². The Labute approximate surface area is 142 Å². The second-order valence-corrected chi connectivity index (χ2v) is 5.82. The van der Waals surface area contributed by atoms with Gasteiger partial charge in [-0.15, -0.1) is 4.91 Å². The summed E-state index contributed by atoms with van der Waals surface area (Å²) < 4.78 is 2.19. The highest BCUT2D eigenvalue weighted by Crippen LogP contribution is 2.38. The predicted molar refractivity (Wildman–Crippen MR) is 97.8 cm³/mol. The van der Waals surface area contributed by atoms with Gasteiger partial charge in [0.05, 0.1) is 16.7 Å². The molecule has 0 saturated heterocycles. The van der Waals surface area contributed by atoms with Crippen LogP contribution in [0.5, 0.6) is 0 Å². The summed E-state index contributed by atoms with van der Waals surface area (Å²) in [5, 5.41) is 5.92. The number of aromatic nitrogens is 2. The largest absolute Gasteiger partial charge is 0.359 e. The Bertz CT molecular complexity index is 1140. The van der Waals surface area contributed by atoms with Gasteiger partial charge >= 0.3 is 5.97 Å². The van der Waals surface area contributed by atoms with Crippen molar-refractivity contribution >= 4 is 50.1 Å². The lowest BCUT2D eigenvalue weighted by atomic mass is 10.1. The highest BCUT2D eigenvalue weighted by molar-refractivity contribution is 6.21. The van der Waals surface area contributed by atoms with Gasteiger partial charge < -0.3 is 14.4 Å². The van der Waals surface area contributed by atoms with E-state index >= 15 is 0 Å². The Morgan fingerprint density at radius 2 is 2.04 bits per heavy atom. The molecule has 0 aliphatic carbocycles. The number of aryl methyl sites for hydroxylation is 1. The van der Waals surface area contributed by atoms with Gasteiger partial charge in [-0.1, -0.05) is 0 Å². The third-order valence-corrected chi connectivity index (χ3v) is 4.39. The van der Waals surface area contributed by atoms with Gasteiger partial charge in [0.15, 0.2) is 0 Å². The first-order chi connectivity index (χ1) is 12.1. The molecule has 4 aromatic rings. The number of carbonyl (C=O) groups excluding carboxylic acids is 1. The molecule has 0 atom stereocenters. The van der Waals surface area contributed by atoms with Crippen LogP contribution >= 0.6 is 0 Å². The van der Waals surface area contributed by atoms with Crippen molar-refractivity contribution < 1.29 is 9.63 Å². The fourth-order valence-electron chi connectivity index (χ4n) is 3.38. The van der Waals surface area contributed by atoms with Gasteiger partial charge in [0.25, 0.3) is 0 Å². The fourth-order valence-corrected chi connectivity index (χ4v) is 3.38. The van der Waals surface area contributed by atoms with Gasteiger partial charge in [-0.3, -0.25) is 4.79 Å². The van der Waals surface area contributed by atoms with Crippen molar-refractivity contribution in [2.75, 3.05) is 5.48 Å². The SMILES string of the molecule is CCn1c2ccc(N=O)cc2c2c3[nH]cc(NOC(C)=O)c3ccc21. The van der Waals surface area contributed by atoms with E-state index in [-0.39, 0.29) is 0 Å². The molecule has 0 amide bonds. The standard InChI is InChI=1S/C18H16N4O3/c1-3-22-15-6-4-11(20-24)8-13(15)17-16(22)7-5-12-14(9-19-18(12)17)21-25-10(2)23/h4-9,19,21H,3H2,1-2H3. The van der Waals surface area contributed by atoms with Gasteiger partial charge in [-0.25, -0.2) is 5.48 Å². The molecule has 2 aromatic carbocycles. The average molecular weight is 336 g/mol. The molecule has 4 rings (SSSR count). The van der Waals surface area contributed by atoms with Crippen LogP contribution in [-0.2, 0) is 16.2 Å². The number of nitrogens with zero attached hydrogens (tertiary/aromatic N) is 2. The Hall–Kier alpha value is -3.35. The zero-order valence-electron chi connectivity index (χ0n) is 13.8. The van der Waals surface area contributed by atoms with Crippen LogP contribution in [0.25, 0.3) is 32.7 Å². The maximum Gasteiger partial charge on any atom is 0.329 e. The maximum absolute atomic E-state index is 11.0. The van der Waals surface area contributed by atoms with Gasteiger partial charge in [-0.05, 0) is 42.4 Å². The van der Waals surface area contributed by atoms with Gasteiger partial charge in [0.1, 0.15) is 5.69 Å². The van der Waals surface area contributed by atoms with E-state index in [1.54, 1.807) is 18.3 Å². The molecule has 0 aliphatic rings. The van der Waals surface area contributed by atoms with Crippen molar-refractivity contribution in [3.63, 3.8) is 0 Å². The molecule has 0 bridgehead atoms. The summed E-state index contributed by atoms with van der Waals surface area (Å²) in [4.78, 5) is 30.1. The van der Waals surface area contributed by atoms with Crippen molar-refractivity contribution in [3.05, 3.63) is 41.4 Å². The normalized spacial score (nSPS) is 11.3. The summed E-state index contributed by atoms with van der Waals surface area (Å²) in [5.74, 6) is -0.417. The van der Waals surface area contributed by atoms with Crippen LogP contribution in [0.3, 0.4) is 0 Å². The lowest BCUT2D eigenvalue weighted by Crippen LogP contribution is -2.05. The van der Waals surface area contributed by atoms with Crippen molar-refractivity contribution in [2.24, 2.45) is 5.18 Å². The lowest BCUT2D eigenvalue weighted by molar-refractivity contribution is -0.137. The molecule has 0 aliphatic heterocycles. The third kappa shape index (κ3) is 2.24. The van der Waals surface area contributed by atoms with E-state index in [0.29, 0.717) is 11.4 Å². The highest BCUT2D eigenvalue weighted by Gasteiger charge is 2.16. The zero-order valence-corrected chi connectivity index (χ0v) is 13.8. The maximum atomic E-state index is 11.0. The number of hydrogen-bond donors (Lipinski definition) is 2. The number of carbonyl (C=O) groups is 1. The van der Waals surface area contributed by atoms with E-state index in [1.807, 2.05) is 18.2 Å². The van der Waals surface area contributed by atoms with Crippen molar-refractivity contribution in [1.82, 2.24) is 9.55 Å².